The third-order valence-corrected chi connectivity index (χ3v) is 11.8. The number of hydrogen-bond acceptors (Lipinski definition) is 7. The highest BCUT2D eigenvalue weighted by atomic mass is 16.6. The van der Waals surface area contributed by atoms with E-state index >= 15 is 0 Å². The number of carbonyl (C=O) groups excluding carboxylic acids is 2. The first-order valence-electron chi connectivity index (χ1n) is 15.7. The molecule has 232 valence electrons. The van der Waals surface area contributed by atoms with Crippen molar-refractivity contribution in [1.29, 1.82) is 0 Å². The minimum absolute atomic E-state index is 0.120. The van der Waals surface area contributed by atoms with Crippen LogP contribution in [0.1, 0.15) is 71.3 Å². The Labute approximate surface area is 253 Å². The Morgan fingerprint density at radius 1 is 1.16 bits per heavy atom. The highest BCUT2D eigenvalue weighted by Crippen LogP contribution is 2.67. The third kappa shape index (κ3) is 5.08. The van der Waals surface area contributed by atoms with E-state index in [0.29, 0.717) is 24.7 Å². The molecule has 0 radical (unpaired) electrons. The van der Waals surface area contributed by atoms with Crippen molar-refractivity contribution < 1.29 is 29.4 Å². The van der Waals surface area contributed by atoms with Gasteiger partial charge in [0.1, 0.15) is 6.04 Å². The number of ether oxygens (including phenoxy) is 1. The van der Waals surface area contributed by atoms with Gasteiger partial charge in [-0.3, -0.25) is 4.79 Å². The lowest BCUT2D eigenvalue weighted by molar-refractivity contribution is -0.164. The normalized spacial score (nSPS) is 36.7. The number of aliphatic hydroxyl groups excluding tert-OH is 1. The van der Waals surface area contributed by atoms with E-state index in [4.69, 9.17) is 9.57 Å². The predicted molar refractivity (Wildman–Crippen MR) is 163 cm³/mol. The number of aromatic amines is 1. The number of fused-ring (bicyclic) bond motifs is 6. The number of aliphatic hydroxyl groups is 2. The molecule has 0 bridgehead atoms. The Morgan fingerprint density at radius 3 is 2.74 bits per heavy atom. The molecule has 0 aliphatic heterocycles. The zero-order chi connectivity index (χ0) is 30.6. The highest BCUT2D eigenvalue weighted by molar-refractivity contribution is 5.96. The number of aromatic nitrogens is 1. The van der Waals surface area contributed by atoms with Crippen molar-refractivity contribution in [1.82, 2.24) is 10.3 Å². The topological polar surface area (TPSA) is 133 Å². The van der Waals surface area contributed by atoms with Crippen LogP contribution in [0.15, 0.2) is 47.3 Å². The van der Waals surface area contributed by atoms with Crippen LogP contribution < -0.4 is 5.32 Å². The zero-order valence-corrected chi connectivity index (χ0v) is 25.7. The Kier molecular flexibility index (Phi) is 7.70. The van der Waals surface area contributed by atoms with Crippen LogP contribution in [0.4, 0.5) is 0 Å². The summed E-state index contributed by atoms with van der Waals surface area (Å²) < 4.78 is 4.95. The smallest absolute Gasteiger partial charge is 0.328 e. The summed E-state index contributed by atoms with van der Waals surface area (Å²) in [6, 6.07) is 6.94. The van der Waals surface area contributed by atoms with Crippen LogP contribution in [-0.4, -0.2) is 64.2 Å². The second-order valence-corrected chi connectivity index (χ2v) is 14.0. The molecule has 9 heteroatoms. The predicted octanol–water partition coefficient (Wildman–Crippen LogP) is 4.43. The number of oxime groups is 1. The minimum atomic E-state index is -0.854. The van der Waals surface area contributed by atoms with Gasteiger partial charge in [0, 0.05) is 28.9 Å². The number of rotatable bonds is 7. The van der Waals surface area contributed by atoms with Crippen molar-refractivity contribution in [3.05, 3.63) is 47.7 Å². The first-order chi connectivity index (χ1) is 20.5. The SMILES string of the molecule is COC(=O)[C@@H](Cc1c[nH]c2ccccc12)NC(=O)CO/N=C1\C=C2CC[C@@H]3[C@H]([C@H](O)C[C@@]4(C)[C@H]3CC[C@]4(C)O)[C@@]2(C)CC1. The molecule has 1 amide bonds. The van der Waals surface area contributed by atoms with Crippen LogP contribution in [0.2, 0.25) is 0 Å². The molecule has 8 atom stereocenters. The summed E-state index contributed by atoms with van der Waals surface area (Å²) in [5, 5.41) is 30.7. The average molecular weight is 592 g/mol. The Morgan fingerprint density at radius 2 is 1.95 bits per heavy atom. The summed E-state index contributed by atoms with van der Waals surface area (Å²) in [7, 11) is 1.30. The minimum Gasteiger partial charge on any atom is -0.467 e. The van der Waals surface area contributed by atoms with Gasteiger partial charge >= 0.3 is 5.97 Å². The van der Waals surface area contributed by atoms with E-state index in [1.165, 1.54) is 12.7 Å². The van der Waals surface area contributed by atoms with Crippen LogP contribution >= 0.6 is 0 Å². The van der Waals surface area contributed by atoms with E-state index in [0.717, 1.165) is 54.3 Å². The molecule has 3 saturated carbocycles. The van der Waals surface area contributed by atoms with Crippen molar-refractivity contribution in [2.75, 3.05) is 13.7 Å². The molecular formula is C34H45N3O6. The van der Waals surface area contributed by atoms with Crippen LogP contribution in [0.3, 0.4) is 0 Å². The number of hydrogen-bond donors (Lipinski definition) is 4. The maximum atomic E-state index is 12.8. The monoisotopic (exact) mass is 591 g/mol. The quantitative estimate of drug-likeness (QED) is 0.278. The number of nitrogens with zero attached hydrogens (tertiary/aromatic N) is 1. The third-order valence-electron chi connectivity index (χ3n) is 11.8. The molecule has 1 aromatic carbocycles. The van der Waals surface area contributed by atoms with Gasteiger partial charge in [-0.2, -0.15) is 0 Å². The summed E-state index contributed by atoms with van der Waals surface area (Å²) in [6.45, 7) is 6.13. The molecule has 4 aliphatic rings. The molecule has 43 heavy (non-hydrogen) atoms. The van der Waals surface area contributed by atoms with Gasteiger partial charge in [-0.1, -0.05) is 42.8 Å². The molecule has 1 heterocycles. The maximum absolute atomic E-state index is 12.8. The van der Waals surface area contributed by atoms with Gasteiger partial charge in [0.2, 0.25) is 0 Å². The number of amides is 1. The number of H-pyrrole nitrogens is 1. The van der Waals surface area contributed by atoms with Crippen molar-refractivity contribution in [2.24, 2.45) is 33.7 Å². The summed E-state index contributed by atoms with van der Waals surface area (Å²) in [5.74, 6) is 0.0175. The lowest BCUT2D eigenvalue weighted by Gasteiger charge is -2.60. The number of methoxy groups -OCH3 is 1. The van der Waals surface area contributed by atoms with Gasteiger partial charge in [0.25, 0.3) is 5.91 Å². The second-order valence-electron chi connectivity index (χ2n) is 14.0. The standard InChI is InChI=1S/C34H45N3O6/c1-32-13-11-22(16-21(32)9-10-24-25-12-14-34(3,41)33(25,2)17-28(38)30(24)32)37-43-19-29(39)36-27(31(40)42-4)15-20-18-35-26-8-6-5-7-23(20)26/h5-8,16,18,24-25,27-28,30,35,38,41H,9-15,17,19H2,1-4H3,(H,36,39)/b37-22-/t24-,25-,27+,28+,30+,32-,33-,34-/m0/s1. The summed E-state index contributed by atoms with van der Waals surface area (Å²) in [5.41, 5.74) is 2.85. The van der Waals surface area contributed by atoms with E-state index in [-0.39, 0.29) is 29.8 Å². The second kappa shape index (κ2) is 11.1. The molecule has 0 spiro atoms. The molecule has 1 aromatic heterocycles. The van der Waals surface area contributed by atoms with Crippen LogP contribution in [0.5, 0.6) is 0 Å². The summed E-state index contributed by atoms with van der Waals surface area (Å²) in [6.07, 6.45) is 9.75. The molecule has 0 saturated heterocycles. The molecule has 4 N–H and O–H groups in total. The van der Waals surface area contributed by atoms with Crippen molar-refractivity contribution in [3.63, 3.8) is 0 Å². The number of para-hydroxylation sites is 1. The number of benzene rings is 1. The van der Waals surface area contributed by atoms with Gasteiger partial charge in [-0.05, 0) is 92.7 Å². The molecule has 4 aliphatic carbocycles. The first-order valence-corrected chi connectivity index (χ1v) is 15.7. The molecule has 6 rings (SSSR count). The van der Waals surface area contributed by atoms with Crippen LogP contribution in [-0.2, 0) is 25.6 Å². The van der Waals surface area contributed by atoms with E-state index in [9.17, 15) is 19.8 Å². The fourth-order valence-electron chi connectivity index (χ4n) is 9.26. The number of esters is 1. The van der Waals surface area contributed by atoms with E-state index in [2.05, 4.69) is 35.4 Å². The van der Waals surface area contributed by atoms with Gasteiger partial charge in [0.15, 0.2) is 6.61 Å². The van der Waals surface area contributed by atoms with E-state index in [1.54, 1.807) is 0 Å². The molecule has 9 nitrogen and oxygen atoms in total. The van der Waals surface area contributed by atoms with Crippen LogP contribution in [0, 0.1) is 28.6 Å². The number of carbonyl (C=O) groups is 2. The van der Waals surface area contributed by atoms with E-state index < -0.39 is 29.6 Å². The van der Waals surface area contributed by atoms with Gasteiger partial charge in [-0.15, -0.1) is 0 Å². The van der Waals surface area contributed by atoms with Crippen molar-refractivity contribution in [2.45, 2.75) is 89.9 Å². The highest BCUT2D eigenvalue weighted by Gasteiger charge is 2.64. The summed E-state index contributed by atoms with van der Waals surface area (Å²) in [4.78, 5) is 33.9. The van der Waals surface area contributed by atoms with Crippen molar-refractivity contribution in [3.8, 4) is 0 Å². The lowest BCUT2D eigenvalue weighted by Crippen LogP contribution is -2.59. The van der Waals surface area contributed by atoms with Crippen molar-refractivity contribution >= 4 is 28.5 Å². The Balaban J connectivity index is 1.09. The van der Waals surface area contributed by atoms with Crippen LogP contribution in [0.25, 0.3) is 10.9 Å². The fourth-order valence-corrected chi connectivity index (χ4v) is 9.26. The van der Waals surface area contributed by atoms with Gasteiger partial charge in [0.05, 0.1) is 24.5 Å². The van der Waals surface area contributed by atoms with Gasteiger partial charge in [-0.25, -0.2) is 4.79 Å². The Hall–Kier alpha value is -3.17. The Bertz CT molecular complexity index is 1460. The molecule has 2 aromatic rings. The molecular weight excluding hydrogens is 546 g/mol. The largest absolute Gasteiger partial charge is 0.467 e. The molecule has 3 fully saturated rings. The average Bonchev–Trinajstić information content (AvgIpc) is 3.48. The zero-order valence-electron chi connectivity index (χ0n) is 25.7. The van der Waals surface area contributed by atoms with E-state index in [1.807, 2.05) is 37.4 Å². The summed E-state index contributed by atoms with van der Waals surface area (Å²) >= 11 is 0. The maximum Gasteiger partial charge on any atom is 0.328 e. The lowest BCUT2D eigenvalue weighted by atomic mass is 9.45. The molecule has 0 unspecified atom stereocenters. The van der Waals surface area contributed by atoms with Gasteiger partial charge < -0.3 is 30.1 Å². The first kappa shape index (κ1) is 29.9. The fraction of sp³-hybridized carbons (Fsp3) is 0.618. The number of allylic oxidation sites excluding steroid dienone is 2. The number of nitrogens with one attached hydrogen (secondary N) is 2.